The van der Waals surface area contributed by atoms with E-state index in [1.807, 2.05) is 36.4 Å². The molecule has 0 radical (unpaired) electrons. The Balaban J connectivity index is 1.99. The second-order valence-corrected chi connectivity index (χ2v) is 7.88. The summed E-state index contributed by atoms with van der Waals surface area (Å²) in [6.07, 6.45) is 2.27. The molecule has 24 heavy (non-hydrogen) atoms. The van der Waals surface area contributed by atoms with Crippen LogP contribution in [0.5, 0.6) is 0 Å². The molecule has 2 aromatic carbocycles. The van der Waals surface area contributed by atoms with Gasteiger partial charge < -0.3 is 4.74 Å². The molecule has 128 valence electrons. The van der Waals surface area contributed by atoms with Crippen molar-refractivity contribution < 1.29 is 13.2 Å². The van der Waals surface area contributed by atoms with E-state index in [-0.39, 0.29) is 6.04 Å². The van der Waals surface area contributed by atoms with Crippen LogP contribution in [0.2, 0.25) is 0 Å². The van der Waals surface area contributed by atoms with Crippen molar-refractivity contribution in [1.29, 1.82) is 0 Å². The van der Waals surface area contributed by atoms with Crippen LogP contribution < -0.4 is 0 Å². The number of hydrogen-bond donors (Lipinski definition) is 0. The molecule has 4 nitrogen and oxygen atoms in total. The fourth-order valence-corrected chi connectivity index (χ4v) is 4.83. The number of rotatable bonds is 6. The molecule has 0 amide bonds. The molecule has 1 heterocycles. The molecule has 3 rings (SSSR count). The molecular formula is C19H23NO3S. The molecule has 0 N–H and O–H groups in total. The van der Waals surface area contributed by atoms with Gasteiger partial charge in [0.05, 0.1) is 17.5 Å². The van der Waals surface area contributed by atoms with E-state index in [9.17, 15) is 8.42 Å². The molecule has 1 aliphatic heterocycles. The Morgan fingerprint density at radius 2 is 1.67 bits per heavy atom. The Bertz CT molecular complexity index is 747. The first-order valence-electron chi connectivity index (χ1n) is 8.39. The van der Waals surface area contributed by atoms with Gasteiger partial charge in [-0.15, -0.1) is 0 Å². The molecule has 1 saturated heterocycles. The SMILES string of the molecule is CCCC[C@H]1CO[C@@H](c2ccccc2)N1S(=O)(=O)c1ccccc1. The van der Waals surface area contributed by atoms with Gasteiger partial charge >= 0.3 is 0 Å². The monoisotopic (exact) mass is 345 g/mol. The molecule has 0 aromatic heterocycles. The normalized spacial score (nSPS) is 21.9. The van der Waals surface area contributed by atoms with E-state index in [1.54, 1.807) is 28.6 Å². The van der Waals surface area contributed by atoms with Gasteiger partial charge in [0.1, 0.15) is 6.23 Å². The van der Waals surface area contributed by atoms with Gasteiger partial charge in [0.2, 0.25) is 10.0 Å². The Kier molecular flexibility index (Phi) is 5.33. The van der Waals surface area contributed by atoms with Gasteiger partial charge in [0, 0.05) is 0 Å². The predicted octanol–water partition coefficient (Wildman–Crippen LogP) is 3.97. The Hall–Kier alpha value is -1.69. The summed E-state index contributed by atoms with van der Waals surface area (Å²) >= 11 is 0. The molecule has 0 aliphatic carbocycles. The average molecular weight is 345 g/mol. The molecule has 0 spiro atoms. The summed E-state index contributed by atoms with van der Waals surface area (Å²) in [5.41, 5.74) is 0.871. The molecular weight excluding hydrogens is 322 g/mol. The minimum absolute atomic E-state index is 0.125. The highest BCUT2D eigenvalue weighted by atomic mass is 32.2. The molecule has 2 aromatic rings. The van der Waals surface area contributed by atoms with Crippen LogP contribution in [0.1, 0.15) is 38.0 Å². The third kappa shape index (κ3) is 3.38. The van der Waals surface area contributed by atoms with Crippen LogP contribution in [0, 0.1) is 0 Å². The summed E-state index contributed by atoms with van der Waals surface area (Å²) in [5.74, 6) is 0. The highest BCUT2D eigenvalue weighted by molar-refractivity contribution is 7.89. The molecule has 2 atom stereocenters. The smallest absolute Gasteiger partial charge is 0.245 e. The average Bonchev–Trinajstić information content (AvgIpc) is 3.06. The van der Waals surface area contributed by atoms with Crippen LogP contribution in [0.4, 0.5) is 0 Å². The van der Waals surface area contributed by atoms with Crippen LogP contribution in [0.3, 0.4) is 0 Å². The van der Waals surface area contributed by atoms with Crippen LogP contribution in [0.15, 0.2) is 65.6 Å². The Morgan fingerprint density at radius 1 is 1.04 bits per heavy atom. The first-order valence-corrected chi connectivity index (χ1v) is 9.83. The number of unbranched alkanes of at least 4 members (excludes halogenated alkanes) is 1. The van der Waals surface area contributed by atoms with Gasteiger partial charge in [-0.25, -0.2) is 8.42 Å². The van der Waals surface area contributed by atoms with E-state index in [1.165, 1.54) is 0 Å². The lowest BCUT2D eigenvalue weighted by Gasteiger charge is -2.27. The highest BCUT2D eigenvalue weighted by Crippen LogP contribution is 2.37. The second kappa shape index (κ2) is 7.47. The van der Waals surface area contributed by atoms with Crippen LogP contribution in [-0.4, -0.2) is 25.4 Å². The zero-order valence-corrected chi connectivity index (χ0v) is 14.7. The zero-order chi connectivity index (χ0) is 17.0. The van der Waals surface area contributed by atoms with Crippen LogP contribution >= 0.6 is 0 Å². The first-order chi connectivity index (χ1) is 11.6. The maximum atomic E-state index is 13.2. The van der Waals surface area contributed by atoms with Gasteiger partial charge in [-0.1, -0.05) is 68.3 Å². The maximum absolute atomic E-state index is 13.2. The quantitative estimate of drug-likeness (QED) is 0.796. The molecule has 1 fully saturated rings. The van der Waals surface area contributed by atoms with Gasteiger partial charge in [-0.05, 0) is 24.1 Å². The van der Waals surface area contributed by atoms with E-state index in [0.717, 1.165) is 24.8 Å². The number of benzene rings is 2. The Morgan fingerprint density at radius 3 is 2.29 bits per heavy atom. The fraction of sp³-hybridized carbons (Fsp3) is 0.368. The van der Waals surface area contributed by atoms with E-state index < -0.39 is 16.3 Å². The summed E-state index contributed by atoms with van der Waals surface area (Å²) in [6.45, 7) is 2.55. The topological polar surface area (TPSA) is 46.6 Å². The van der Waals surface area contributed by atoms with Crippen molar-refractivity contribution >= 4 is 10.0 Å². The third-order valence-electron chi connectivity index (χ3n) is 4.33. The fourth-order valence-electron chi connectivity index (χ4n) is 3.09. The standard InChI is InChI=1S/C19H23NO3S/c1-2-3-12-17-15-23-19(16-10-6-4-7-11-16)20(17)24(21,22)18-13-8-5-9-14-18/h4-11,13-14,17,19H,2-3,12,15H2,1H3/t17-,19-/m0/s1. The lowest BCUT2D eigenvalue weighted by Crippen LogP contribution is -2.38. The number of sulfonamides is 1. The van der Waals surface area contributed by atoms with Gasteiger partial charge in [-0.2, -0.15) is 4.31 Å². The molecule has 0 unspecified atom stereocenters. The van der Waals surface area contributed by atoms with E-state index in [4.69, 9.17) is 4.74 Å². The Labute approximate surface area is 144 Å². The lowest BCUT2D eigenvalue weighted by atomic mass is 10.1. The number of nitrogens with zero attached hydrogens (tertiary/aromatic N) is 1. The van der Waals surface area contributed by atoms with Crippen molar-refractivity contribution in [3.63, 3.8) is 0 Å². The van der Waals surface area contributed by atoms with Crippen molar-refractivity contribution in [2.75, 3.05) is 6.61 Å². The zero-order valence-electron chi connectivity index (χ0n) is 13.8. The molecule has 1 aliphatic rings. The van der Waals surface area contributed by atoms with Crippen molar-refractivity contribution in [1.82, 2.24) is 4.31 Å². The van der Waals surface area contributed by atoms with Crippen molar-refractivity contribution in [2.45, 2.75) is 43.4 Å². The maximum Gasteiger partial charge on any atom is 0.245 e. The van der Waals surface area contributed by atoms with Gasteiger partial charge in [0.15, 0.2) is 0 Å². The summed E-state index contributed by atoms with van der Waals surface area (Å²) in [5, 5.41) is 0. The summed E-state index contributed by atoms with van der Waals surface area (Å²) < 4.78 is 34.0. The van der Waals surface area contributed by atoms with E-state index in [2.05, 4.69) is 6.92 Å². The van der Waals surface area contributed by atoms with Gasteiger partial charge in [-0.3, -0.25) is 0 Å². The van der Waals surface area contributed by atoms with Crippen molar-refractivity contribution in [2.24, 2.45) is 0 Å². The second-order valence-electron chi connectivity index (χ2n) is 6.04. The van der Waals surface area contributed by atoms with E-state index in [0.29, 0.717) is 11.5 Å². The van der Waals surface area contributed by atoms with E-state index >= 15 is 0 Å². The summed E-state index contributed by atoms with van der Waals surface area (Å²) in [6, 6.07) is 18.1. The molecule has 0 bridgehead atoms. The van der Waals surface area contributed by atoms with Crippen LogP contribution in [0.25, 0.3) is 0 Å². The number of hydrogen-bond acceptors (Lipinski definition) is 3. The predicted molar refractivity (Wildman–Crippen MR) is 93.9 cm³/mol. The highest BCUT2D eigenvalue weighted by Gasteiger charge is 2.43. The minimum Gasteiger partial charge on any atom is -0.356 e. The van der Waals surface area contributed by atoms with Crippen LogP contribution in [-0.2, 0) is 14.8 Å². The summed E-state index contributed by atoms with van der Waals surface area (Å²) in [4.78, 5) is 0.318. The first kappa shape index (κ1) is 17.1. The summed E-state index contributed by atoms with van der Waals surface area (Å²) in [7, 11) is -3.61. The molecule has 5 heteroatoms. The van der Waals surface area contributed by atoms with Crippen molar-refractivity contribution in [3.05, 3.63) is 66.2 Å². The van der Waals surface area contributed by atoms with Gasteiger partial charge in [0.25, 0.3) is 0 Å². The lowest BCUT2D eigenvalue weighted by molar-refractivity contribution is 0.0680. The largest absolute Gasteiger partial charge is 0.356 e. The number of ether oxygens (including phenoxy) is 1. The minimum atomic E-state index is -3.61. The molecule has 0 saturated carbocycles. The van der Waals surface area contributed by atoms with Crippen molar-refractivity contribution in [3.8, 4) is 0 Å². The third-order valence-corrected chi connectivity index (χ3v) is 6.24.